The molecule has 0 aliphatic rings. The van der Waals surface area contributed by atoms with Crippen LogP contribution in [0.1, 0.15) is 10.4 Å². The van der Waals surface area contributed by atoms with Crippen molar-refractivity contribution < 1.29 is 19.6 Å². The summed E-state index contributed by atoms with van der Waals surface area (Å²) in [6, 6.07) is 10.0. The monoisotopic (exact) mass is 361 g/mol. The van der Waals surface area contributed by atoms with E-state index >= 15 is 0 Å². The quantitative estimate of drug-likeness (QED) is 0.314. The molecule has 8 nitrogen and oxygen atoms in total. The second kappa shape index (κ2) is 8.15. The molecule has 0 aliphatic carbocycles. The molecule has 2 rings (SSSR count). The van der Waals surface area contributed by atoms with Gasteiger partial charge in [-0.3, -0.25) is 19.7 Å². The third-order valence-corrected chi connectivity index (χ3v) is 3.93. The summed E-state index contributed by atoms with van der Waals surface area (Å²) in [6.07, 6.45) is 1.79. The fraction of sp³-hybridized carbons (Fsp3) is 0.125. The molecule has 0 spiro atoms. The van der Waals surface area contributed by atoms with Crippen molar-refractivity contribution in [2.75, 3.05) is 18.1 Å². The molecule has 0 aromatic heterocycles. The summed E-state index contributed by atoms with van der Waals surface area (Å²) in [4.78, 5) is 35.2. The molecular formula is C16H15N3O5S. The van der Waals surface area contributed by atoms with Crippen LogP contribution in [-0.2, 0) is 4.79 Å². The van der Waals surface area contributed by atoms with E-state index in [2.05, 4.69) is 10.6 Å². The van der Waals surface area contributed by atoms with Gasteiger partial charge in [0.05, 0.1) is 11.5 Å². The normalized spacial score (nSPS) is 10.1. The number of carbonyl (C=O) groups is 2. The van der Waals surface area contributed by atoms with Crippen molar-refractivity contribution >= 4 is 35.0 Å². The van der Waals surface area contributed by atoms with E-state index in [4.69, 9.17) is 0 Å². The number of nitro groups is 1. The van der Waals surface area contributed by atoms with Crippen LogP contribution in [0, 0.1) is 10.1 Å². The Morgan fingerprint density at radius 1 is 1.20 bits per heavy atom. The Morgan fingerprint density at radius 2 is 1.88 bits per heavy atom. The van der Waals surface area contributed by atoms with Gasteiger partial charge >= 0.3 is 0 Å². The molecule has 0 saturated heterocycles. The highest BCUT2D eigenvalue weighted by molar-refractivity contribution is 7.98. The van der Waals surface area contributed by atoms with Gasteiger partial charge in [0.15, 0.2) is 0 Å². The molecule has 0 aliphatic heterocycles. The number of benzene rings is 2. The van der Waals surface area contributed by atoms with Crippen molar-refractivity contribution in [2.45, 2.75) is 4.90 Å². The Labute approximate surface area is 147 Å². The number of hydrogen-bond acceptors (Lipinski definition) is 6. The fourth-order valence-corrected chi connectivity index (χ4v) is 2.43. The maximum Gasteiger partial charge on any atom is 0.282 e. The van der Waals surface area contributed by atoms with Gasteiger partial charge in [-0.15, -0.1) is 11.8 Å². The Bertz CT molecular complexity index is 808. The summed E-state index contributed by atoms with van der Waals surface area (Å²) in [5.41, 5.74) is 0.0240. The third kappa shape index (κ3) is 4.95. The van der Waals surface area contributed by atoms with Gasteiger partial charge in [0.1, 0.15) is 11.3 Å². The lowest BCUT2D eigenvalue weighted by Crippen LogP contribution is -2.33. The second-order valence-corrected chi connectivity index (χ2v) is 5.80. The van der Waals surface area contributed by atoms with Crippen LogP contribution < -0.4 is 10.6 Å². The topological polar surface area (TPSA) is 122 Å². The molecule has 0 bridgehead atoms. The van der Waals surface area contributed by atoms with E-state index < -0.39 is 16.7 Å². The van der Waals surface area contributed by atoms with Crippen molar-refractivity contribution in [1.29, 1.82) is 0 Å². The number of aromatic hydroxyl groups is 1. The first kappa shape index (κ1) is 18.3. The zero-order valence-electron chi connectivity index (χ0n) is 13.2. The lowest BCUT2D eigenvalue weighted by molar-refractivity contribution is -0.385. The number of nitro benzene ring substituents is 1. The SMILES string of the molecule is CSc1ccc([N+](=O)[O-])c(C(=O)NCC(=O)Nc2ccc(O)cc2)c1. The predicted octanol–water partition coefficient (Wildman–Crippen LogP) is 2.39. The zero-order chi connectivity index (χ0) is 18.4. The van der Waals surface area contributed by atoms with E-state index in [9.17, 15) is 24.8 Å². The molecule has 9 heteroatoms. The first-order valence-corrected chi connectivity index (χ1v) is 8.32. The van der Waals surface area contributed by atoms with E-state index in [1.807, 2.05) is 0 Å². The Hall–Kier alpha value is -3.07. The lowest BCUT2D eigenvalue weighted by Gasteiger charge is -2.08. The van der Waals surface area contributed by atoms with Gasteiger partial charge in [-0.2, -0.15) is 0 Å². The van der Waals surface area contributed by atoms with E-state index in [0.29, 0.717) is 10.6 Å². The van der Waals surface area contributed by atoms with Crippen molar-refractivity contribution in [3.05, 3.63) is 58.1 Å². The summed E-state index contributed by atoms with van der Waals surface area (Å²) in [6.45, 7) is -0.347. The summed E-state index contributed by atoms with van der Waals surface area (Å²) in [5, 5.41) is 25.1. The van der Waals surface area contributed by atoms with Gasteiger partial charge in [0, 0.05) is 16.6 Å². The van der Waals surface area contributed by atoms with Gasteiger partial charge in [0.2, 0.25) is 5.91 Å². The van der Waals surface area contributed by atoms with Gasteiger partial charge in [-0.05, 0) is 42.7 Å². The van der Waals surface area contributed by atoms with E-state index in [1.165, 1.54) is 48.2 Å². The number of nitrogens with zero attached hydrogens (tertiary/aromatic N) is 1. The number of hydrogen-bond donors (Lipinski definition) is 3. The minimum absolute atomic E-state index is 0.0623. The highest BCUT2D eigenvalue weighted by atomic mass is 32.2. The number of amides is 2. The highest BCUT2D eigenvalue weighted by Crippen LogP contribution is 2.24. The molecule has 2 aromatic rings. The molecule has 0 atom stereocenters. The van der Waals surface area contributed by atoms with E-state index in [0.717, 1.165) is 0 Å². The van der Waals surface area contributed by atoms with Crippen LogP contribution in [-0.4, -0.2) is 34.6 Å². The van der Waals surface area contributed by atoms with Crippen LogP contribution in [0.5, 0.6) is 5.75 Å². The average Bonchev–Trinajstić information content (AvgIpc) is 2.61. The average molecular weight is 361 g/mol. The van der Waals surface area contributed by atoms with Crippen molar-refractivity contribution in [1.82, 2.24) is 5.32 Å². The summed E-state index contributed by atoms with van der Waals surface area (Å²) >= 11 is 1.35. The predicted molar refractivity (Wildman–Crippen MR) is 93.9 cm³/mol. The number of rotatable bonds is 6. The molecule has 2 amide bonds. The molecule has 0 saturated carbocycles. The number of carbonyl (C=O) groups excluding carboxylic acids is 2. The molecular weight excluding hydrogens is 346 g/mol. The summed E-state index contributed by atoms with van der Waals surface area (Å²) < 4.78 is 0. The molecule has 130 valence electrons. The molecule has 0 unspecified atom stereocenters. The Morgan fingerprint density at radius 3 is 2.48 bits per heavy atom. The smallest absolute Gasteiger partial charge is 0.282 e. The van der Waals surface area contributed by atoms with Crippen LogP contribution in [0.4, 0.5) is 11.4 Å². The summed E-state index contributed by atoms with van der Waals surface area (Å²) in [5.74, 6) is -1.14. The van der Waals surface area contributed by atoms with Crippen LogP contribution >= 0.6 is 11.8 Å². The van der Waals surface area contributed by atoms with Gasteiger partial charge < -0.3 is 15.7 Å². The number of phenols is 1. The number of nitrogens with one attached hydrogen (secondary N) is 2. The van der Waals surface area contributed by atoms with Crippen molar-refractivity contribution in [2.24, 2.45) is 0 Å². The van der Waals surface area contributed by atoms with E-state index in [1.54, 1.807) is 12.3 Å². The van der Waals surface area contributed by atoms with E-state index in [-0.39, 0.29) is 23.5 Å². The molecule has 0 heterocycles. The first-order valence-electron chi connectivity index (χ1n) is 7.10. The standard InChI is InChI=1S/C16H15N3O5S/c1-25-12-6-7-14(19(23)24)13(8-12)16(22)17-9-15(21)18-10-2-4-11(20)5-3-10/h2-8,20H,9H2,1H3,(H,17,22)(H,18,21). The summed E-state index contributed by atoms with van der Waals surface area (Å²) in [7, 11) is 0. The number of phenolic OH excluding ortho intramolecular Hbond substituents is 1. The van der Waals surface area contributed by atoms with Gasteiger partial charge in [0.25, 0.3) is 11.6 Å². The molecule has 0 fully saturated rings. The van der Waals surface area contributed by atoms with Gasteiger partial charge in [-0.25, -0.2) is 0 Å². The zero-order valence-corrected chi connectivity index (χ0v) is 14.0. The van der Waals surface area contributed by atoms with Crippen LogP contribution in [0.25, 0.3) is 0 Å². The number of anilines is 1. The third-order valence-electron chi connectivity index (χ3n) is 3.21. The minimum atomic E-state index is -0.705. The number of thioether (sulfide) groups is 1. The van der Waals surface area contributed by atoms with Crippen LogP contribution in [0.15, 0.2) is 47.4 Å². The maximum atomic E-state index is 12.2. The van der Waals surface area contributed by atoms with Crippen molar-refractivity contribution in [3.63, 3.8) is 0 Å². The van der Waals surface area contributed by atoms with Crippen LogP contribution in [0.2, 0.25) is 0 Å². The largest absolute Gasteiger partial charge is 0.508 e. The Kier molecular flexibility index (Phi) is 5.96. The minimum Gasteiger partial charge on any atom is -0.508 e. The van der Waals surface area contributed by atoms with Crippen molar-refractivity contribution in [3.8, 4) is 5.75 Å². The second-order valence-electron chi connectivity index (χ2n) is 4.92. The fourth-order valence-electron chi connectivity index (χ4n) is 1.99. The Balaban J connectivity index is 2.03. The maximum absolute atomic E-state index is 12.2. The molecule has 0 radical (unpaired) electrons. The van der Waals surface area contributed by atoms with Gasteiger partial charge in [-0.1, -0.05) is 0 Å². The first-order chi connectivity index (χ1) is 11.9. The molecule has 3 N–H and O–H groups in total. The highest BCUT2D eigenvalue weighted by Gasteiger charge is 2.21. The lowest BCUT2D eigenvalue weighted by atomic mass is 10.1. The molecule has 25 heavy (non-hydrogen) atoms. The van der Waals surface area contributed by atoms with Crippen LogP contribution in [0.3, 0.4) is 0 Å². The molecule has 2 aromatic carbocycles.